The van der Waals surface area contributed by atoms with Crippen molar-refractivity contribution in [2.45, 2.75) is 13.3 Å². The normalized spacial score (nSPS) is 15.4. The lowest BCUT2D eigenvalue weighted by Crippen LogP contribution is -2.37. The van der Waals surface area contributed by atoms with Crippen molar-refractivity contribution in [3.8, 4) is 6.07 Å². The van der Waals surface area contributed by atoms with Crippen molar-refractivity contribution in [3.63, 3.8) is 0 Å². The average Bonchev–Trinajstić information content (AvgIpc) is 2.62. The summed E-state index contributed by atoms with van der Waals surface area (Å²) in [6, 6.07) is 5.11. The minimum Gasteiger partial charge on any atom is -0.354 e. The molecule has 1 aliphatic heterocycles. The molecule has 1 fully saturated rings. The molecule has 19 heavy (non-hydrogen) atoms. The summed E-state index contributed by atoms with van der Waals surface area (Å²) in [7, 11) is 0. The fraction of sp³-hybridized carbons (Fsp3) is 0.385. The second-order valence-corrected chi connectivity index (χ2v) is 4.37. The zero-order valence-corrected chi connectivity index (χ0v) is 10.6. The van der Waals surface area contributed by atoms with Gasteiger partial charge >= 0.3 is 0 Å². The van der Waals surface area contributed by atoms with Crippen LogP contribution in [0.5, 0.6) is 0 Å². The molecule has 1 saturated heterocycles. The van der Waals surface area contributed by atoms with Gasteiger partial charge < -0.3 is 10.2 Å². The number of hydrogen-bond donors (Lipinski definition) is 1. The molecule has 2 amide bonds. The first kappa shape index (κ1) is 13.0. The van der Waals surface area contributed by atoms with Crippen LogP contribution in [-0.4, -0.2) is 41.3 Å². The third kappa shape index (κ3) is 2.88. The Morgan fingerprint density at radius 2 is 2.32 bits per heavy atom. The number of pyridine rings is 1. The molecule has 0 aliphatic carbocycles. The Labute approximate surface area is 111 Å². The van der Waals surface area contributed by atoms with Gasteiger partial charge in [-0.3, -0.25) is 9.59 Å². The molecule has 0 bridgehead atoms. The maximum atomic E-state index is 12.3. The van der Waals surface area contributed by atoms with Crippen LogP contribution in [0.3, 0.4) is 0 Å². The number of aryl methyl sites for hydroxylation is 1. The van der Waals surface area contributed by atoms with Crippen LogP contribution in [0.1, 0.15) is 28.2 Å². The molecule has 6 heteroatoms. The van der Waals surface area contributed by atoms with Gasteiger partial charge in [0.05, 0.1) is 17.8 Å². The van der Waals surface area contributed by atoms with Crippen LogP contribution in [-0.2, 0) is 4.79 Å². The highest BCUT2D eigenvalue weighted by Gasteiger charge is 2.22. The van der Waals surface area contributed by atoms with Crippen molar-refractivity contribution in [2.24, 2.45) is 0 Å². The fourth-order valence-corrected chi connectivity index (χ4v) is 1.94. The van der Waals surface area contributed by atoms with E-state index in [1.54, 1.807) is 13.0 Å². The van der Waals surface area contributed by atoms with E-state index in [1.165, 1.54) is 11.0 Å². The summed E-state index contributed by atoms with van der Waals surface area (Å²) in [5.74, 6) is -0.430. The predicted molar refractivity (Wildman–Crippen MR) is 67.2 cm³/mol. The number of hydrogen-bond acceptors (Lipinski definition) is 4. The number of nitriles is 1. The van der Waals surface area contributed by atoms with E-state index in [-0.39, 0.29) is 24.1 Å². The van der Waals surface area contributed by atoms with E-state index in [9.17, 15) is 9.59 Å². The molecule has 0 atom stereocenters. The van der Waals surface area contributed by atoms with Gasteiger partial charge in [0.1, 0.15) is 11.8 Å². The highest BCUT2D eigenvalue weighted by molar-refractivity contribution is 5.95. The molecular formula is C13H14N4O2. The lowest BCUT2D eigenvalue weighted by Gasteiger charge is -2.18. The SMILES string of the molecule is Cc1nc(C(=O)N2CCCNC(=O)C2)ccc1C#N. The van der Waals surface area contributed by atoms with Gasteiger partial charge in [-0.1, -0.05) is 0 Å². The molecular weight excluding hydrogens is 244 g/mol. The van der Waals surface area contributed by atoms with E-state index in [0.717, 1.165) is 6.42 Å². The first-order valence-electron chi connectivity index (χ1n) is 6.05. The third-order valence-electron chi connectivity index (χ3n) is 2.97. The van der Waals surface area contributed by atoms with Gasteiger partial charge in [0.15, 0.2) is 0 Å². The first-order chi connectivity index (χ1) is 9.11. The zero-order chi connectivity index (χ0) is 13.8. The number of nitrogens with one attached hydrogen (secondary N) is 1. The summed E-state index contributed by atoms with van der Waals surface area (Å²) in [4.78, 5) is 29.3. The second-order valence-electron chi connectivity index (χ2n) is 4.37. The molecule has 1 N–H and O–H groups in total. The second kappa shape index (κ2) is 5.48. The summed E-state index contributed by atoms with van der Waals surface area (Å²) in [5.41, 5.74) is 1.24. The number of amides is 2. The molecule has 0 spiro atoms. The van der Waals surface area contributed by atoms with Crippen molar-refractivity contribution in [3.05, 3.63) is 29.1 Å². The Morgan fingerprint density at radius 3 is 3.00 bits per heavy atom. The van der Waals surface area contributed by atoms with Crippen LogP contribution in [0, 0.1) is 18.3 Å². The molecule has 6 nitrogen and oxygen atoms in total. The van der Waals surface area contributed by atoms with Crippen molar-refractivity contribution in [1.29, 1.82) is 5.26 Å². The van der Waals surface area contributed by atoms with Crippen LogP contribution >= 0.6 is 0 Å². The minimum absolute atomic E-state index is 0.0551. The van der Waals surface area contributed by atoms with Crippen molar-refractivity contribution >= 4 is 11.8 Å². The van der Waals surface area contributed by atoms with E-state index in [0.29, 0.717) is 24.3 Å². The zero-order valence-electron chi connectivity index (χ0n) is 10.6. The Kier molecular flexibility index (Phi) is 3.76. The number of carbonyl (C=O) groups excluding carboxylic acids is 2. The summed E-state index contributed by atoms with van der Waals surface area (Å²) < 4.78 is 0. The van der Waals surface area contributed by atoms with Gasteiger partial charge in [-0.05, 0) is 25.5 Å². The standard InChI is InChI=1S/C13H14N4O2/c1-9-10(7-14)3-4-11(16-9)13(19)17-6-2-5-15-12(18)8-17/h3-4H,2,5-6,8H2,1H3,(H,15,18). The molecule has 1 aromatic heterocycles. The molecule has 98 valence electrons. The number of nitrogens with zero attached hydrogens (tertiary/aromatic N) is 3. The van der Waals surface area contributed by atoms with Gasteiger partial charge in [0.2, 0.25) is 5.91 Å². The number of carbonyl (C=O) groups is 2. The fourth-order valence-electron chi connectivity index (χ4n) is 1.94. The monoisotopic (exact) mass is 258 g/mol. The smallest absolute Gasteiger partial charge is 0.272 e. The predicted octanol–water partition coefficient (Wildman–Crippen LogP) is 0.224. The molecule has 0 unspecified atom stereocenters. The summed E-state index contributed by atoms with van der Waals surface area (Å²) in [6.07, 6.45) is 0.729. The van der Waals surface area contributed by atoms with Crippen molar-refractivity contribution < 1.29 is 9.59 Å². The summed E-state index contributed by atoms with van der Waals surface area (Å²) >= 11 is 0. The molecule has 0 saturated carbocycles. The van der Waals surface area contributed by atoms with Crippen molar-refractivity contribution in [2.75, 3.05) is 19.6 Å². The van der Waals surface area contributed by atoms with Gasteiger partial charge in [-0.25, -0.2) is 4.98 Å². The van der Waals surface area contributed by atoms with E-state index in [1.807, 2.05) is 6.07 Å². The Morgan fingerprint density at radius 1 is 1.53 bits per heavy atom. The largest absolute Gasteiger partial charge is 0.354 e. The van der Waals surface area contributed by atoms with Gasteiger partial charge in [0.25, 0.3) is 5.91 Å². The number of aromatic nitrogens is 1. The van der Waals surface area contributed by atoms with Crippen LogP contribution in [0.2, 0.25) is 0 Å². The van der Waals surface area contributed by atoms with E-state index in [4.69, 9.17) is 5.26 Å². The Hall–Kier alpha value is -2.42. The highest BCUT2D eigenvalue weighted by Crippen LogP contribution is 2.09. The molecule has 0 aromatic carbocycles. The average molecular weight is 258 g/mol. The summed E-state index contributed by atoms with van der Waals surface area (Å²) in [6.45, 7) is 2.85. The molecule has 2 rings (SSSR count). The molecule has 1 aliphatic rings. The van der Waals surface area contributed by atoms with Crippen LogP contribution in [0.4, 0.5) is 0 Å². The quantitative estimate of drug-likeness (QED) is 0.781. The van der Waals surface area contributed by atoms with Gasteiger partial charge in [0, 0.05) is 13.1 Å². The summed E-state index contributed by atoms with van der Waals surface area (Å²) in [5, 5.41) is 11.5. The van der Waals surface area contributed by atoms with E-state index < -0.39 is 0 Å². The lowest BCUT2D eigenvalue weighted by atomic mass is 10.2. The molecule has 0 radical (unpaired) electrons. The topological polar surface area (TPSA) is 86.1 Å². The maximum Gasteiger partial charge on any atom is 0.272 e. The van der Waals surface area contributed by atoms with Crippen LogP contribution in [0.25, 0.3) is 0 Å². The third-order valence-corrected chi connectivity index (χ3v) is 2.97. The number of rotatable bonds is 1. The van der Waals surface area contributed by atoms with Crippen molar-refractivity contribution in [1.82, 2.24) is 15.2 Å². The lowest BCUT2D eigenvalue weighted by molar-refractivity contribution is -0.121. The van der Waals surface area contributed by atoms with Crippen LogP contribution < -0.4 is 5.32 Å². The first-order valence-corrected chi connectivity index (χ1v) is 6.05. The Bertz CT molecular complexity index is 562. The molecule has 1 aromatic rings. The highest BCUT2D eigenvalue weighted by atomic mass is 16.2. The van der Waals surface area contributed by atoms with Gasteiger partial charge in [-0.2, -0.15) is 5.26 Å². The van der Waals surface area contributed by atoms with Crippen LogP contribution in [0.15, 0.2) is 12.1 Å². The Balaban J connectivity index is 2.21. The maximum absolute atomic E-state index is 12.3. The molecule has 2 heterocycles. The van der Waals surface area contributed by atoms with Gasteiger partial charge in [-0.15, -0.1) is 0 Å². The van der Waals surface area contributed by atoms with E-state index in [2.05, 4.69) is 10.3 Å². The minimum atomic E-state index is -0.273. The van der Waals surface area contributed by atoms with E-state index >= 15 is 0 Å².